The van der Waals surface area contributed by atoms with Gasteiger partial charge in [-0.15, -0.1) is 0 Å². The highest BCUT2D eigenvalue weighted by atomic mass is 16.5. The van der Waals surface area contributed by atoms with Gasteiger partial charge in [0, 0.05) is 24.7 Å². The van der Waals surface area contributed by atoms with E-state index in [1.165, 1.54) is 19.1 Å². The summed E-state index contributed by atoms with van der Waals surface area (Å²) in [4.78, 5) is 38.5. The Morgan fingerprint density at radius 1 is 1.00 bits per heavy atom. The van der Waals surface area contributed by atoms with Crippen LogP contribution in [0.15, 0.2) is 42.5 Å². The summed E-state index contributed by atoms with van der Waals surface area (Å²) in [6.45, 7) is -0.320. The second kappa shape index (κ2) is 9.84. The third-order valence-electron chi connectivity index (χ3n) is 4.85. The average molecular weight is 428 g/mol. The van der Waals surface area contributed by atoms with Crippen LogP contribution < -0.4 is 24.4 Å². The minimum Gasteiger partial charge on any atom is -0.497 e. The largest absolute Gasteiger partial charge is 0.497 e. The second-order valence-electron chi connectivity index (χ2n) is 6.83. The molecule has 0 unspecified atom stereocenters. The van der Waals surface area contributed by atoms with E-state index in [9.17, 15) is 14.4 Å². The molecule has 1 saturated heterocycles. The number of nitrogens with zero attached hydrogens (tertiary/aromatic N) is 1. The number of rotatable bonds is 8. The van der Waals surface area contributed by atoms with E-state index in [4.69, 9.17) is 18.9 Å². The first-order valence-corrected chi connectivity index (χ1v) is 9.58. The van der Waals surface area contributed by atoms with E-state index in [1.54, 1.807) is 49.6 Å². The lowest BCUT2D eigenvalue weighted by Crippen LogP contribution is -2.28. The molecule has 9 heteroatoms. The van der Waals surface area contributed by atoms with Crippen molar-refractivity contribution in [3.63, 3.8) is 0 Å². The summed E-state index contributed by atoms with van der Waals surface area (Å²) in [5.41, 5.74) is 1.06. The highest BCUT2D eigenvalue weighted by molar-refractivity contribution is 6.01. The summed E-state index contributed by atoms with van der Waals surface area (Å²) < 4.78 is 20.7. The van der Waals surface area contributed by atoms with Gasteiger partial charge in [-0.2, -0.15) is 0 Å². The molecule has 9 nitrogen and oxygen atoms in total. The highest BCUT2D eigenvalue weighted by Gasteiger charge is 2.37. The zero-order chi connectivity index (χ0) is 22.4. The van der Waals surface area contributed by atoms with E-state index in [0.29, 0.717) is 28.6 Å². The number of carbonyl (C=O) groups is 3. The SMILES string of the molecule is COc1ccc(NC(=O)COC(=O)[C@H]2CC(=O)N(c3cc(OC)ccc3OC)C2)cc1. The number of methoxy groups -OCH3 is 3. The molecule has 0 saturated carbocycles. The molecule has 0 bridgehead atoms. The number of hydrogen-bond donors (Lipinski definition) is 1. The van der Waals surface area contributed by atoms with Crippen LogP contribution in [0.1, 0.15) is 6.42 Å². The lowest BCUT2D eigenvalue weighted by molar-refractivity contribution is -0.151. The summed E-state index contributed by atoms with van der Waals surface area (Å²) >= 11 is 0. The molecule has 0 spiro atoms. The van der Waals surface area contributed by atoms with Gasteiger partial charge in [-0.1, -0.05) is 0 Å². The molecular weight excluding hydrogens is 404 g/mol. The van der Waals surface area contributed by atoms with Gasteiger partial charge in [0.05, 0.1) is 32.9 Å². The van der Waals surface area contributed by atoms with Crippen molar-refractivity contribution in [2.24, 2.45) is 5.92 Å². The first-order valence-electron chi connectivity index (χ1n) is 9.58. The van der Waals surface area contributed by atoms with Crippen LogP contribution in [0.25, 0.3) is 0 Å². The molecule has 3 rings (SSSR count). The summed E-state index contributed by atoms with van der Waals surface area (Å²) in [6, 6.07) is 11.8. The van der Waals surface area contributed by atoms with E-state index < -0.39 is 24.4 Å². The van der Waals surface area contributed by atoms with Crippen molar-refractivity contribution >= 4 is 29.2 Å². The number of benzene rings is 2. The fraction of sp³-hybridized carbons (Fsp3) is 0.318. The van der Waals surface area contributed by atoms with E-state index in [-0.39, 0.29) is 18.9 Å². The van der Waals surface area contributed by atoms with Crippen molar-refractivity contribution in [2.75, 3.05) is 44.7 Å². The number of nitrogens with one attached hydrogen (secondary N) is 1. The minimum atomic E-state index is -0.683. The Hall–Kier alpha value is -3.75. The van der Waals surface area contributed by atoms with E-state index >= 15 is 0 Å². The van der Waals surface area contributed by atoms with Crippen molar-refractivity contribution in [1.29, 1.82) is 0 Å². The average Bonchev–Trinajstić information content (AvgIpc) is 3.19. The molecule has 1 atom stereocenters. The molecule has 0 aromatic heterocycles. The smallest absolute Gasteiger partial charge is 0.311 e. The molecule has 0 radical (unpaired) electrons. The van der Waals surface area contributed by atoms with Crippen molar-refractivity contribution < 1.29 is 33.3 Å². The number of amides is 2. The molecule has 2 aromatic rings. The standard InChI is InChI=1S/C22H24N2O7/c1-28-16-6-4-15(5-7-16)23-20(25)13-31-22(27)14-10-21(26)24(12-14)18-11-17(29-2)8-9-19(18)30-3/h4-9,11,14H,10,12-13H2,1-3H3,(H,23,25)/t14-/m0/s1. The first-order chi connectivity index (χ1) is 14.9. The summed E-state index contributed by atoms with van der Waals surface area (Å²) in [5, 5.41) is 2.63. The predicted octanol–water partition coefficient (Wildman–Crippen LogP) is 2.25. The molecule has 1 N–H and O–H groups in total. The lowest BCUT2D eigenvalue weighted by atomic mass is 10.1. The summed E-state index contributed by atoms with van der Waals surface area (Å²) in [7, 11) is 4.57. The van der Waals surface area contributed by atoms with Crippen LogP contribution in [0.3, 0.4) is 0 Å². The Morgan fingerprint density at radius 2 is 1.68 bits per heavy atom. The molecule has 1 heterocycles. The number of carbonyl (C=O) groups excluding carboxylic acids is 3. The molecule has 1 fully saturated rings. The van der Waals surface area contributed by atoms with Crippen LogP contribution in [0.2, 0.25) is 0 Å². The third kappa shape index (κ3) is 5.25. The maximum absolute atomic E-state index is 12.5. The van der Waals surface area contributed by atoms with Crippen LogP contribution >= 0.6 is 0 Å². The van der Waals surface area contributed by atoms with E-state index in [0.717, 1.165) is 0 Å². The molecule has 2 aromatic carbocycles. The van der Waals surface area contributed by atoms with Gasteiger partial charge in [0.2, 0.25) is 5.91 Å². The maximum Gasteiger partial charge on any atom is 0.311 e. The van der Waals surface area contributed by atoms with Gasteiger partial charge in [0.15, 0.2) is 6.61 Å². The first kappa shape index (κ1) is 21.9. The normalized spacial score (nSPS) is 15.4. The van der Waals surface area contributed by atoms with Crippen molar-refractivity contribution in [3.8, 4) is 17.2 Å². The molecule has 1 aliphatic heterocycles. The molecule has 31 heavy (non-hydrogen) atoms. The summed E-state index contributed by atoms with van der Waals surface area (Å²) in [5.74, 6) is -0.301. The van der Waals surface area contributed by atoms with Gasteiger partial charge in [0.25, 0.3) is 5.91 Å². The Balaban J connectivity index is 1.57. The van der Waals surface area contributed by atoms with Crippen LogP contribution in [-0.2, 0) is 19.1 Å². The molecule has 2 amide bonds. The van der Waals surface area contributed by atoms with Gasteiger partial charge in [-0.05, 0) is 36.4 Å². The monoisotopic (exact) mass is 428 g/mol. The Labute approximate surface area is 179 Å². The number of hydrogen-bond acceptors (Lipinski definition) is 7. The predicted molar refractivity (Wildman–Crippen MR) is 113 cm³/mol. The fourth-order valence-corrected chi connectivity index (χ4v) is 3.23. The van der Waals surface area contributed by atoms with Gasteiger partial charge >= 0.3 is 5.97 Å². The summed E-state index contributed by atoms with van der Waals surface area (Å²) in [6.07, 6.45) is -0.0146. The number of esters is 1. The molecule has 0 aliphatic carbocycles. The zero-order valence-corrected chi connectivity index (χ0v) is 17.5. The molecule has 1 aliphatic rings. The highest BCUT2D eigenvalue weighted by Crippen LogP contribution is 2.36. The van der Waals surface area contributed by atoms with Gasteiger partial charge in [-0.25, -0.2) is 0 Å². The van der Waals surface area contributed by atoms with Gasteiger partial charge in [-0.3, -0.25) is 14.4 Å². The zero-order valence-electron chi connectivity index (χ0n) is 17.5. The maximum atomic E-state index is 12.5. The van der Waals surface area contributed by atoms with Crippen LogP contribution in [0, 0.1) is 5.92 Å². The Bertz CT molecular complexity index is 959. The van der Waals surface area contributed by atoms with E-state index in [1.807, 2.05) is 0 Å². The number of anilines is 2. The number of ether oxygens (including phenoxy) is 4. The van der Waals surface area contributed by atoms with Gasteiger partial charge in [0.1, 0.15) is 17.2 Å². The fourth-order valence-electron chi connectivity index (χ4n) is 3.23. The second-order valence-corrected chi connectivity index (χ2v) is 6.83. The van der Waals surface area contributed by atoms with Crippen molar-refractivity contribution in [1.82, 2.24) is 0 Å². The molecular formula is C22H24N2O7. The third-order valence-corrected chi connectivity index (χ3v) is 4.85. The van der Waals surface area contributed by atoms with Crippen LogP contribution in [0.4, 0.5) is 11.4 Å². The van der Waals surface area contributed by atoms with E-state index in [2.05, 4.69) is 5.32 Å². The Morgan fingerprint density at radius 3 is 2.32 bits per heavy atom. The minimum absolute atomic E-state index is 0.0146. The topological polar surface area (TPSA) is 103 Å². The Kier molecular flexibility index (Phi) is 6.96. The quantitative estimate of drug-likeness (QED) is 0.643. The van der Waals surface area contributed by atoms with Gasteiger partial charge < -0.3 is 29.2 Å². The van der Waals surface area contributed by atoms with Crippen LogP contribution in [-0.4, -0.2) is 52.3 Å². The molecule has 164 valence electrons. The lowest BCUT2D eigenvalue weighted by Gasteiger charge is -2.20. The van der Waals surface area contributed by atoms with Crippen LogP contribution in [0.5, 0.6) is 17.2 Å². The van der Waals surface area contributed by atoms with Crippen molar-refractivity contribution in [3.05, 3.63) is 42.5 Å². The van der Waals surface area contributed by atoms with Crippen molar-refractivity contribution in [2.45, 2.75) is 6.42 Å².